The average Bonchev–Trinajstić information content (AvgIpc) is 2.85. The minimum atomic E-state index is -4.78. The Morgan fingerprint density at radius 3 is 2.66 bits per heavy atom. The van der Waals surface area contributed by atoms with Crippen LogP contribution >= 0.6 is 0 Å². The van der Waals surface area contributed by atoms with E-state index >= 15 is 0 Å². The summed E-state index contributed by atoms with van der Waals surface area (Å²) >= 11 is 0. The molecule has 184 valence electrons. The highest BCUT2D eigenvalue weighted by atomic mass is 19.4. The number of halogens is 4. The molecule has 1 N–H and O–H groups in total. The van der Waals surface area contributed by atoms with Gasteiger partial charge in [-0.1, -0.05) is 24.3 Å². The van der Waals surface area contributed by atoms with Gasteiger partial charge in [0.1, 0.15) is 23.4 Å². The number of amides is 1. The zero-order chi connectivity index (χ0) is 25.2. The van der Waals surface area contributed by atoms with Crippen molar-refractivity contribution in [3.63, 3.8) is 0 Å². The van der Waals surface area contributed by atoms with E-state index in [0.29, 0.717) is 30.1 Å². The molecule has 1 aliphatic rings. The minimum Gasteiger partial charge on any atom is -0.497 e. The molecule has 0 radical (unpaired) electrons. The number of fused-ring (bicyclic) bond motifs is 1. The second kappa shape index (κ2) is 9.95. The van der Waals surface area contributed by atoms with Crippen LogP contribution in [0.1, 0.15) is 34.5 Å². The largest absolute Gasteiger partial charge is 0.497 e. The Hall–Kier alpha value is -3.59. The van der Waals surface area contributed by atoms with Crippen LogP contribution in [0.25, 0.3) is 0 Å². The maximum atomic E-state index is 14.0. The first kappa shape index (κ1) is 24.5. The zero-order valence-electron chi connectivity index (χ0n) is 19.1. The summed E-state index contributed by atoms with van der Waals surface area (Å²) in [4.78, 5) is 14.6. The summed E-state index contributed by atoms with van der Waals surface area (Å²) in [7, 11) is 1.59. The Morgan fingerprint density at radius 1 is 1.14 bits per heavy atom. The lowest BCUT2D eigenvalue weighted by Crippen LogP contribution is -2.48. The van der Waals surface area contributed by atoms with Crippen LogP contribution in [0.5, 0.6) is 11.5 Å². The van der Waals surface area contributed by atoms with Crippen LogP contribution in [0.15, 0.2) is 66.7 Å². The predicted octanol–water partition coefficient (Wildman–Crippen LogP) is 5.61. The van der Waals surface area contributed by atoms with Gasteiger partial charge >= 0.3 is 6.18 Å². The van der Waals surface area contributed by atoms with Gasteiger partial charge in [0.2, 0.25) is 0 Å². The number of nitrogens with one attached hydrogen (secondary N) is 1. The lowest BCUT2D eigenvalue weighted by molar-refractivity contribution is -0.137. The van der Waals surface area contributed by atoms with E-state index in [1.165, 1.54) is 4.90 Å². The molecule has 0 bridgehead atoms. The number of hydrogen-bond donors (Lipinski definition) is 1. The van der Waals surface area contributed by atoms with Gasteiger partial charge in [0, 0.05) is 18.2 Å². The first-order valence-corrected chi connectivity index (χ1v) is 11.0. The lowest BCUT2D eigenvalue weighted by Gasteiger charge is -2.35. The smallest absolute Gasteiger partial charge is 0.416 e. The van der Waals surface area contributed by atoms with Crippen molar-refractivity contribution in [1.82, 2.24) is 5.32 Å². The third-order valence-corrected chi connectivity index (χ3v) is 5.80. The van der Waals surface area contributed by atoms with Gasteiger partial charge in [-0.05, 0) is 55.0 Å². The fourth-order valence-electron chi connectivity index (χ4n) is 3.97. The average molecular weight is 488 g/mol. The van der Waals surface area contributed by atoms with Crippen molar-refractivity contribution >= 4 is 11.6 Å². The van der Waals surface area contributed by atoms with E-state index in [4.69, 9.17) is 9.47 Å². The molecule has 0 saturated heterocycles. The van der Waals surface area contributed by atoms with Crippen LogP contribution in [-0.2, 0) is 6.18 Å². The number of hydrogen-bond acceptors (Lipinski definition) is 4. The van der Waals surface area contributed by atoms with Gasteiger partial charge in [-0.15, -0.1) is 0 Å². The first-order chi connectivity index (χ1) is 16.7. The number of carbonyl (C=O) groups is 1. The van der Waals surface area contributed by atoms with Crippen LogP contribution in [0.4, 0.5) is 23.2 Å². The molecule has 9 heteroatoms. The number of ether oxygens (including phenoxy) is 2. The molecule has 3 aromatic rings. The fraction of sp³-hybridized carbons (Fsp3) is 0.269. The van der Waals surface area contributed by atoms with E-state index < -0.39 is 29.6 Å². The fourth-order valence-corrected chi connectivity index (χ4v) is 3.97. The molecule has 1 heterocycles. The topological polar surface area (TPSA) is 50.8 Å². The molecule has 1 aliphatic heterocycles. The second-order valence-electron chi connectivity index (χ2n) is 8.26. The molecule has 3 aromatic carbocycles. The molecule has 0 aromatic heterocycles. The maximum Gasteiger partial charge on any atom is 0.416 e. The van der Waals surface area contributed by atoms with Crippen LogP contribution in [-0.4, -0.2) is 32.2 Å². The molecule has 0 aliphatic carbocycles. The maximum absolute atomic E-state index is 14.0. The van der Waals surface area contributed by atoms with Gasteiger partial charge < -0.3 is 19.7 Å². The van der Waals surface area contributed by atoms with Crippen molar-refractivity contribution in [3.05, 3.63) is 89.2 Å². The van der Waals surface area contributed by atoms with Gasteiger partial charge in [0.15, 0.2) is 0 Å². The Kier molecular flexibility index (Phi) is 6.98. The third-order valence-electron chi connectivity index (χ3n) is 5.80. The van der Waals surface area contributed by atoms with Crippen molar-refractivity contribution < 1.29 is 31.8 Å². The molecule has 0 spiro atoms. The van der Waals surface area contributed by atoms with Crippen LogP contribution in [0, 0.1) is 5.82 Å². The van der Waals surface area contributed by atoms with Crippen LogP contribution < -0.4 is 19.7 Å². The van der Waals surface area contributed by atoms with Crippen molar-refractivity contribution in [2.45, 2.75) is 25.2 Å². The Labute approximate surface area is 200 Å². The summed E-state index contributed by atoms with van der Waals surface area (Å²) in [5.41, 5.74) is -0.196. The van der Waals surface area contributed by atoms with E-state index in [0.717, 1.165) is 17.4 Å². The normalized spacial score (nSPS) is 16.3. The van der Waals surface area contributed by atoms with Crippen molar-refractivity contribution in [2.24, 2.45) is 0 Å². The molecule has 1 unspecified atom stereocenters. The molecule has 35 heavy (non-hydrogen) atoms. The summed E-state index contributed by atoms with van der Waals surface area (Å²) in [5.74, 6) is -0.726. The zero-order valence-corrected chi connectivity index (χ0v) is 19.1. The Bertz CT molecular complexity index is 1220. The summed E-state index contributed by atoms with van der Waals surface area (Å²) in [6, 6.07) is 16.1. The van der Waals surface area contributed by atoms with Gasteiger partial charge in [0.25, 0.3) is 5.91 Å². The number of alkyl halides is 3. The Morgan fingerprint density at radius 2 is 1.91 bits per heavy atom. The summed E-state index contributed by atoms with van der Waals surface area (Å²) < 4.78 is 64.9. The Balaban J connectivity index is 1.55. The molecule has 5 nitrogen and oxygen atoms in total. The number of carbonyl (C=O) groups excluding carboxylic acids is 1. The SMILES string of the molecule is COc1cccc([C@@H](C)NCC2CN(C(=O)c3cc(F)cc(C(F)(F)F)c3)c3ccccc3O2)c1. The third kappa shape index (κ3) is 5.57. The molecule has 2 atom stereocenters. The van der Waals surface area contributed by atoms with Crippen molar-refractivity contribution in [2.75, 3.05) is 25.1 Å². The second-order valence-corrected chi connectivity index (χ2v) is 8.26. The molecule has 0 saturated carbocycles. The lowest BCUT2D eigenvalue weighted by atomic mass is 10.1. The van der Waals surface area contributed by atoms with E-state index in [2.05, 4.69) is 5.32 Å². The number of nitrogens with zero attached hydrogens (tertiary/aromatic N) is 1. The molecular weight excluding hydrogens is 464 g/mol. The van der Waals surface area contributed by atoms with Crippen LogP contribution in [0.3, 0.4) is 0 Å². The van der Waals surface area contributed by atoms with E-state index in [9.17, 15) is 22.4 Å². The number of methoxy groups -OCH3 is 1. The molecule has 0 fully saturated rings. The number of anilines is 1. The molecule has 4 rings (SSSR count). The minimum absolute atomic E-state index is 0.0624. The highest BCUT2D eigenvalue weighted by Gasteiger charge is 2.34. The standard InChI is InChI=1S/C26H24F4N2O3/c1-16(17-6-5-7-21(12-17)34-2)31-14-22-15-32(23-8-3-4-9-24(23)35-22)25(33)18-10-19(26(28,29)30)13-20(27)11-18/h3-13,16,22,31H,14-15H2,1-2H3/t16-,22?/m1/s1. The number of para-hydroxylation sites is 2. The van der Waals surface area contributed by atoms with Gasteiger partial charge in [-0.3, -0.25) is 4.79 Å². The highest BCUT2D eigenvalue weighted by molar-refractivity contribution is 6.07. The van der Waals surface area contributed by atoms with Crippen molar-refractivity contribution in [1.29, 1.82) is 0 Å². The van der Waals surface area contributed by atoms with Crippen molar-refractivity contribution in [3.8, 4) is 11.5 Å². The molecular formula is C26H24F4N2O3. The van der Waals surface area contributed by atoms with Gasteiger partial charge in [-0.2, -0.15) is 13.2 Å². The first-order valence-electron chi connectivity index (χ1n) is 11.0. The highest BCUT2D eigenvalue weighted by Crippen LogP contribution is 2.35. The number of benzene rings is 3. The molecule has 1 amide bonds. The summed E-state index contributed by atoms with van der Waals surface area (Å²) in [6.45, 7) is 2.40. The van der Waals surface area contributed by atoms with E-state index in [1.54, 1.807) is 31.4 Å². The van der Waals surface area contributed by atoms with E-state index in [1.807, 2.05) is 31.2 Å². The predicted molar refractivity (Wildman–Crippen MR) is 123 cm³/mol. The number of rotatable bonds is 6. The summed E-state index contributed by atoms with van der Waals surface area (Å²) in [5, 5.41) is 3.36. The van der Waals surface area contributed by atoms with Gasteiger partial charge in [-0.25, -0.2) is 4.39 Å². The van der Waals surface area contributed by atoms with Gasteiger partial charge in [0.05, 0.1) is 24.9 Å². The monoisotopic (exact) mass is 488 g/mol. The van der Waals surface area contributed by atoms with E-state index in [-0.39, 0.29) is 18.2 Å². The van der Waals surface area contributed by atoms with Crippen LogP contribution in [0.2, 0.25) is 0 Å². The quantitative estimate of drug-likeness (QED) is 0.458. The summed E-state index contributed by atoms with van der Waals surface area (Å²) in [6.07, 6.45) is -5.26.